The number of hydrogen-bond donors (Lipinski definition) is 0. The molecule has 0 spiro atoms. The molecule has 1 aliphatic rings. The Kier molecular flexibility index (Phi) is 18.4. The molecule has 15 nitrogen and oxygen atoms in total. The summed E-state index contributed by atoms with van der Waals surface area (Å²) in [6.07, 6.45) is 1.85. The predicted molar refractivity (Wildman–Crippen MR) is 214 cm³/mol. The topological polar surface area (TPSA) is 161 Å². The van der Waals surface area contributed by atoms with Gasteiger partial charge in [-0.25, -0.2) is 0 Å². The van der Waals surface area contributed by atoms with Crippen molar-refractivity contribution in [2.45, 2.75) is 131 Å². The van der Waals surface area contributed by atoms with Gasteiger partial charge in [0.15, 0.2) is 0 Å². The van der Waals surface area contributed by atoms with Crippen LogP contribution in [0.3, 0.4) is 0 Å². The van der Waals surface area contributed by atoms with Crippen LogP contribution in [0.25, 0.3) is 0 Å². The first-order chi connectivity index (χ1) is 25.7. The molecule has 1 aromatic carbocycles. The van der Waals surface area contributed by atoms with E-state index in [9.17, 15) is 29.3 Å². The van der Waals surface area contributed by atoms with Crippen LogP contribution in [-0.4, -0.2) is 149 Å². The lowest BCUT2D eigenvalue weighted by atomic mass is 10.0. The summed E-state index contributed by atoms with van der Waals surface area (Å²) in [5.74, 6) is -1.63. The van der Waals surface area contributed by atoms with Gasteiger partial charge in [0.05, 0.1) is 31.1 Å². The number of nitrogens with zero attached hydrogens (tertiary/aromatic N) is 5. The summed E-state index contributed by atoms with van der Waals surface area (Å²) in [6.45, 7) is 25.3. The number of carbonyl (C=O) groups is 4. The largest absolute Gasteiger partial charge is 0.459 e. The van der Waals surface area contributed by atoms with Gasteiger partial charge in [-0.1, -0.05) is 12.1 Å². The van der Waals surface area contributed by atoms with Gasteiger partial charge in [-0.2, -0.15) is 0 Å². The third-order valence-electron chi connectivity index (χ3n) is 8.38. The van der Waals surface area contributed by atoms with E-state index in [2.05, 4.69) is 4.90 Å². The Morgan fingerprint density at radius 2 is 0.982 bits per heavy atom. The molecule has 1 aromatic rings. The highest BCUT2D eigenvalue weighted by molar-refractivity contribution is 5.75. The molecule has 0 radical (unpaired) electrons. The van der Waals surface area contributed by atoms with Crippen molar-refractivity contribution in [1.82, 2.24) is 19.6 Å². The van der Waals surface area contributed by atoms with Crippen LogP contribution in [0.4, 0.5) is 5.69 Å². The van der Waals surface area contributed by atoms with Gasteiger partial charge in [0, 0.05) is 64.0 Å². The lowest BCUT2D eigenvalue weighted by Crippen LogP contribution is -2.51. The second kappa shape index (κ2) is 21.2. The molecule has 0 aliphatic carbocycles. The highest BCUT2D eigenvalue weighted by Gasteiger charge is 2.31. The molecular formula is C41H69N5O10. The fourth-order valence-electron chi connectivity index (χ4n) is 6.20. The van der Waals surface area contributed by atoms with Crippen molar-refractivity contribution >= 4 is 29.6 Å². The van der Waals surface area contributed by atoms with Crippen LogP contribution >= 0.6 is 0 Å². The maximum Gasteiger partial charge on any atom is 0.320 e. The third kappa shape index (κ3) is 21.6. The molecule has 0 saturated carbocycles. The summed E-state index contributed by atoms with van der Waals surface area (Å²) >= 11 is 0. The van der Waals surface area contributed by atoms with Gasteiger partial charge in [-0.3, -0.25) is 48.9 Å². The number of carbonyl (C=O) groups excluding carboxylic acids is 4. The predicted octanol–water partition coefficient (Wildman–Crippen LogP) is 4.87. The van der Waals surface area contributed by atoms with Crippen molar-refractivity contribution in [3.8, 4) is 0 Å². The van der Waals surface area contributed by atoms with Gasteiger partial charge in [0.1, 0.15) is 22.4 Å². The van der Waals surface area contributed by atoms with Crippen LogP contribution in [0.15, 0.2) is 24.3 Å². The minimum Gasteiger partial charge on any atom is -0.459 e. The number of rotatable bonds is 16. The average Bonchev–Trinajstić information content (AvgIpc) is 3.08. The van der Waals surface area contributed by atoms with Gasteiger partial charge in [-0.15, -0.1) is 0 Å². The van der Waals surface area contributed by atoms with E-state index in [0.717, 1.165) is 5.56 Å². The molecule has 0 aromatic heterocycles. The van der Waals surface area contributed by atoms with Crippen molar-refractivity contribution in [2.24, 2.45) is 0 Å². The first-order valence-electron chi connectivity index (χ1n) is 19.7. The number of hydrogen-bond acceptors (Lipinski definition) is 14. The molecule has 0 amide bonds. The summed E-state index contributed by atoms with van der Waals surface area (Å²) in [7, 11) is 0. The van der Waals surface area contributed by atoms with Gasteiger partial charge in [0.25, 0.3) is 5.69 Å². The van der Waals surface area contributed by atoms with Crippen molar-refractivity contribution in [2.75, 3.05) is 72.0 Å². The van der Waals surface area contributed by atoms with Crippen molar-refractivity contribution in [1.29, 1.82) is 0 Å². The fraction of sp³-hybridized carbons (Fsp3) is 0.756. The van der Waals surface area contributed by atoms with Gasteiger partial charge in [-0.05, 0) is 108 Å². The van der Waals surface area contributed by atoms with E-state index < -0.39 is 39.3 Å². The summed E-state index contributed by atoms with van der Waals surface area (Å²) in [6, 6.07) is 6.13. The Morgan fingerprint density at radius 1 is 0.625 bits per heavy atom. The van der Waals surface area contributed by atoms with E-state index in [4.69, 9.17) is 18.9 Å². The number of nitro groups is 1. The molecule has 2 rings (SSSR count). The SMILES string of the molecule is CC(C)(C)OC(=O)CN1CCN(CC(=O)OC(C)(C)C)CCN(CC(CCCc2ccc([N+](=O)[O-])cc2)N(CC(=O)OC(C)(C)C)CC(=O)OC(C)(C)C)CC1. The van der Waals surface area contributed by atoms with E-state index in [1.807, 2.05) is 56.2 Å². The van der Waals surface area contributed by atoms with Crippen molar-refractivity contribution < 1.29 is 43.0 Å². The average molecular weight is 792 g/mol. The Morgan fingerprint density at radius 3 is 1.34 bits per heavy atom. The van der Waals surface area contributed by atoms with E-state index in [1.165, 1.54) is 12.1 Å². The van der Waals surface area contributed by atoms with E-state index in [1.54, 1.807) is 53.7 Å². The second-order valence-corrected chi connectivity index (χ2v) is 18.6. The molecule has 1 fully saturated rings. The lowest BCUT2D eigenvalue weighted by molar-refractivity contribution is -0.384. The quantitative estimate of drug-likeness (QED) is 0.0965. The van der Waals surface area contributed by atoms with Crippen LogP contribution in [0.2, 0.25) is 0 Å². The van der Waals surface area contributed by atoms with Gasteiger partial charge in [0.2, 0.25) is 0 Å². The monoisotopic (exact) mass is 792 g/mol. The third-order valence-corrected chi connectivity index (χ3v) is 8.38. The molecule has 1 saturated heterocycles. The highest BCUT2D eigenvalue weighted by Crippen LogP contribution is 2.19. The molecule has 1 aliphatic heterocycles. The zero-order chi connectivity index (χ0) is 42.5. The smallest absolute Gasteiger partial charge is 0.320 e. The Labute approximate surface area is 334 Å². The molecule has 0 N–H and O–H groups in total. The van der Waals surface area contributed by atoms with Gasteiger partial charge < -0.3 is 18.9 Å². The minimum absolute atomic E-state index is 0.0157. The molecule has 56 heavy (non-hydrogen) atoms. The van der Waals surface area contributed by atoms with Crippen LogP contribution in [-0.2, 0) is 44.5 Å². The molecule has 1 unspecified atom stereocenters. The molecule has 318 valence electrons. The summed E-state index contributed by atoms with van der Waals surface area (Å²) in [4.78, 5) is 71.6. The normalized spacial score (nSPS) is 16.3. The van der Waals surface area contributed by atoms with Crippen LogP contribution in [0.1, 0.15) is 101 Å². The summed E-state index contributed by atoms with van der Waals surface area (Å²) < 4.78 is 22.7. The maximum absolute atomic E-state index is 13.4. The number of non-ortho nitro benzene ring substituents is 1. The number of aryl methyl sites for hydroxylation is 1. The zero-order valence-corrected chi connectivity index (χ0v) is 36.1. The number of esters is 4. The molecular weight excluding hydrogens is 722 g/mol. The molecule has 1 heterocycles. The molecule has 0 bridgehead atoms. The number of nitro benzene ring substituents is 1. The van der Waals surface area contributed by atoms with Crippen molar-refractivity contribution in [3.05, 3.63) is 39.9 Å². The molecule has 15 heteroatoms. The van der Waals surface area contributed by atoms with Crippen molar-refractivity contribution in [3.63, 3.8) is 0 Å². The lowest BCUT2D eigenvalue weighted by Gasteiger charge is -2.36. The maximum atomic E-state index is 13.4. The summed E-state index contributed by atoms with van der Waals surface area (Å²) in [5, 5.41) is 11.2. The van der Waals surface area contributed by atoms with Crippen LogP contribution in [0.5, 0.6) is 0 Å². The van der Waals surface area contributed by atoms with E-state index in [0.29, 0.717) is 65.1 Å². The molecule has 1 atom stereocenters. The number of ether oxygens (including phenoxy) is 4. The van der Waals surface area contributed by atoms with Gasteiger partial charge >= 0.3 is 23.9 Å². The Hall–Kier alpha value is -3.66. The second-order valence-electron chi connectivity index (χ2n) is 18.6. The Bertz CT molecular complexity index is 1370. The van der Waals surface area contributed by atoms with E-state index in [-0.39, 0.29) is 49.8 Å². The standard InChI is InChI=1S/C41H69N5O10/c1-38(2,3)53-34(47)27-43-22-20-42(21-23-44(25-24-43)28-35(48)54-39(4,5)6)26-33(15-13-14-31-16-18-32(19-17-31)46(51)52)45(29-36(49)55-40(7,8)9)30-37(50)56-41(10,11)12/h16-19,33H,13-15,20-30H2,1-12H3. The highest BCUT2D eigenvalue weighted by atomic mass is 16.6. The van der Waals surface area contributed by atoms with E-state index >= 15 is 0 Å². The Balaban J connectivity index is 2.47. The zero-order valence-electron chi connectivity index (χ0n) is 36.1. The first kappa shape index (κ1) is 48.5. The first-order valence-corrected chi connectivity index (χ1v) is 19.7. The van der Waals surface area contributed by atoms with Crippen LogP contribution < -0.4 is 0 Å². The number of benzene rings is 1. The summed E-state index contributed by atoms with van der Waals surface area (Å²) in [5.41, 5.74) is -1.81. The fourth-order valence-corrected chi connectivity index (χ4v) is 6.20. The van der Waals surface area contributed by atoms with Crippen LogP contribution in [0, 0.1) is 10.1 Å². The minimum atomic E-state index is -0.740.